The summed E-state index contributed by atoms with van der Waals surface area (Å²) in [7, 11) is 0. The van der Waals surface area contributed by atoms with Gasteiger partial charge in [-0.2, -0.15) is 0 Å². The molecular formula is C17H23NO2. The molecule has 2 heterocycles. The Kier molecular flexibility index (Phi) is 3.20. The average Bonchev–Trinajstić information content (AvgIpc) is 2.95. The van der Waals surface area contributed by atoms with Crippen molar-refractivity contribution < 1.29 is 9.47 Å². The molecule has 2 aliphatic heterocycles. The van der Waals surface area contributed by atoms with Gasteiger partial charge in [0.15, 0.2) is 0 Å². The second-order valence-corrected chi connectivity index (χ2v) is 6.40. The number of benzene rings is 1. The first-order chi connectivity index (χ1) is 9.86. The van der Waals surface area contributed by atoms with E-state index in [0.717, 1.165) is 38.5 Å². The second kappa shape index (κ2) is 5.05. The number of morpholine rings is 1. The van der Waals surface area contributed by atoms with E-state index in [1.165, 1.54) is 31.2 Å². The molecule has 1 unspecified atom stereocenters. The van der Waals surface area contributed by atoms with Crippen molar-refractivity contribution in [2.45, 2.75) is 43.7 Å². The quantitative estimate of drug-likeness (QED) is 0.784. The molecular weight excluding hydrogens is 250 g/mol. The maximum absolute atomic E-state index is 6.44. The van der Waals surface area contributed by atoms with Gasteiger partial charge in [0.1, 0.15) is 11.4 Å². The minimum atomic E-state index is 0.108. The van der Waals surface area contributed by atoms with E-state index < -0.39 is 0 Å². The highest BCUT2D eigenvalue weighted by molar-refractivity contribution is 5.39. The first-order valence-electron chi connectivity index (χ1n) is 7.96. The number of nitrogens with zero attached hydrogens (tertiary/aromatic N) is 1. The molecule has 0 aromatic heterocycles. The summed E-state index contributed by atoms with van der Waals surface area (Å²) in [5, 5.41) is 0. The molecule has 3 aliphatic rings. The lowest BCUT2D eigenvalue weighted by Crippen LogP contribution is -2.46. The summed E-state index contributed by atoms with van der Waals surface area (Å²) < 4.78 is 12.0. The molecule has 0 amide bonds. The molecule has 1 saturated carbocycles. The largest absolute Gasteiger partial charge is 0.487 e. The van der Waals surface area contributed by atoms with E-state index in [-0.39, 0.29) is 5.60 Å². The van der Waals surface area contributed by atoms with Gasteiger partial charge >= 0.3 is 0 Å². The van der Waals surface area contributed by atoms with E-state index >= 15 is 0 Å². The zero-order valence-corrected chi connectivity index (χ0v) is 12.0. The summed E-state index contributed by atoms with van der Waals surface area (Å²) in [6, 6.07) is 9.16. The fourth-order valence-electron chi connectivity index (χ4n) is 4.13. The molecule has 3 nitrogen and oxygen atoms in total. The smallest absolute Gasteiger partial charge is 0.124 e. The number of rotatable bonds is 1. The first kappa shape index (κ1) is 12.7. The molecule has 4 rings (SSSR count). The molecule has 1 spiro atoms. The maximum Gasteiger partial charge on any atom is 0.124 e. The highest BCUT2D eigenvalue weighted by atomic mass is 16.5. The predicted octanol–water partition coefficient (Wildman–Crippen LogP) is 3.16. The van der Waals surface area contributed by atoms with Crippen molar-refractivity contribution in [1.82, 2.24) is 4.90 Å². The van der Waals surface area contributed by atoms with Gasteiger partial charge in [0.2, 0.25) is 0 Å². The van der Waals surface area contributed by atoms with Gasteiger partial charge in [-0.1, -0.05) is 18.2 Å². The molecule has 0 bridgehead atoms. The summed E-state index contributed by atoms with van der Waals surface area (Å²) in [4.78, 5) is 2.60. The number of para-hydroxylation sites is 1. The van der Waals surface area contributed by atoms with Crippen LogP contribution in [0.2, 0.25) is 0 Å². The second-order valence-electron chi connectivity index (χ2n) is 6.40. The van der Waals surface area contributed by atoms with Crippen LogP contribution in [0.25, 0.3) is 0 Å². The summed E-state index contributed by atoms with van der Waals surface area (Å²) in [6.07, 6.45) is 6.24. The van der Waals surface area contributed by atoms with E-state index in [2.05, 4.69) is 29.2 Å². The van der Waals surface area contributed by atoms with Gasteiger partial charge in [-0.3, -0.25) is 4.90 Å². The Hall–Kier alpha value is -1.06. The Balaban J connectivity index is 1.68. The fourth-order valence-corrected chi connectivity index (χ4v) is 4.13. The van der Waals surface area contributed by atoms with Crippen molar-refractivity contribution in [2.24, 2.45) is 0 Å². The third-order valence-corrected chi connectivity index (χ3v) is 5.17. The Morgan fingerprint density at radius 2 is 1.80 bits per heavy atom. The van der Waals surface area contributed by atoms with Crippen LogP contribution in [-0.2, 0) is 4.74 Å². The lowest BCUT2D eigenvalue weighted by atomic mass is 9.85. The van der Waals surface area contributed by atoms with Crippen LogP contribution in [-0.4, -0.2) is 36.8 Å². The van der Waals surface area contributed by atoms with E-state index in [1.54, 1.807) is 0 Å². The molecule has 0 N–H and O–H groups in total. The van der Waals surface area contributed by atoms with Gasteiger partial charge in [-0.25, -0.2) is 0 Å². The summed E-state index contributed by atoms with van der Waals surface area (Å²) in [5.74, 6) is 1.12. The maximum atomic E-state index is 6.44. The van der Waals surface area contributed by atoms with Crippen LogP contribution in [0.4, 0.5) is 0 Å². The normalized spacial score (nSPS) is 29.1. The van der Waals surface area contributed by atoms with Crippen molar-refractivity contribution in [3.05, 3.63) is 29.8 Å². The predicted molar refractivity (Wildman–Crippen MR) is 78.0 cm³/mol. The van der Waals surface area contributed by atoms with E-state index in [0.29, 0.717) is 6.04 Å². The van der Waals surface area contributed by atoms with Crippen molar-refractivity contribution >= 4 is 0 Å². The van der Waals surface area contributed by atoms with Crippen LogP contribution in [0.3, 0.4) is 0 Å². The van der Waals surface area contributed by atoms with Crippen LogP contribution >= 0.6 is 0 Å². The van der Waals surface area contributed by atoms with Gasteiger partial charge in [0.05, 0.1) is 13.2 Å². The number of hydrogen-bond acceptors (Lipinski definition) is 3. The van der Waals surface area contributed by atoms with E-state index in [1.807, 2.05) is 0 Å². The van der Waals surface area contributed by atoms with Crippen molar-refractivity contribution in [2.75, 3.05) is 26.3 Å². The SMILES string of the molecule is c1ccc2c(c1)OC1(CCCC1)CC2N1CCOCC1. The number of hydrogen-bond donors (Lipinski definition) is 0. The van der Waals surface area contributed by atoms with Crippen molar-refractivity contribution in [3.8, 4) is 5.75 Å². The first-order valence-corrected chi connectivity index (χ1v) is 7.96. The van der Waals surface area contributed by atoms with Gasteiger partial charge in [-0.05, 0) is 31.7 Å². The molecule has 1 aliphatic carbocycles. The van der Waals surface area contributed by atoms with Gasteiger partial charge in [-0.15, -0.1) is 0 Å². The molecule has 0 radical (unpaired) electrons. The van der Waals surface area contributed by atoms with Gasteiger partial charge in [0.25, 0.3) is 0 Å². The molecule has 3 heteroatoms. The highest BCUT2D eigenvalue weighted by Crippen LogP contribution is 2.48. The van der Waals surface area contributed by atoms with Crippen LogP contribution in [0.15, 0.2) is 24.3 Å². The molecule has 1 saturated heterocycles. The lowest BCUT2D eigenvalue weighted by molar-refractivity contribution is -0.0305. The summed E-state index contributed by atoms with van der Waals surface area (Å²) in [6.45, 7) is 3.84. The van der Waals surface area contributed by atoms with Crippen molar-refractivity contribution in [1.29, 1.82) is 0 Å². The van der Waals surface area contributed by atoms with Gasteiger partial charge < -0.3 is 9.47 Å². The zero-order valence-electron chi connectivity index (χ0n) is 12.0. The zero-order chi connectivity index (χ0) is 13.4. The Labute approximate surface area is 120 Å². The number of ether oxygens (including phenoxy) is 2. The standard InChI is InChI=1S/C17H23NO2/c1-2-6-16-14(5-1)15(18-9-11-19-12-10-18)13-17(20-16)7-3-4-8-17/h1-2,5-6,15H,3-4,7-13H2. The van der Waals surface area contributed by atoms with E-state index in [9.17, 15) is 0 Å². The van der Waals surface area contributed by atoms with Crippen LogP contribution in [0, 0.1) is 0 Å². The average molecular weight is 273 g/mol. The molecule has 1 aromatic carbocycles. The minimum absolute atomic E-state index is 0.108. The van der Waals surface area contributed by atoms with Crippen molar-refractivity contribution in [3.63, 3.8) is 0 Å². The summed E-state index contributed by atoms with van der Waals surface area (Å²) in [5.41, 5.74) is 1.49. The Morgan fingerprint density at radius 3 is 2.60 bits per heavy atom. The van der Waals surface area contributed by atoms with Crippen LogP contribution in [0.5, 0.6) is 5.75 Å². The topological polar surface area (TPSA) is 21.7 Å². The molecule has 20 heavy (non-hydrogen) atoms. The molecule has 2 fully saturated rings. The third-order valence-electron chi connectivity index (χ3n) is 5.17. The van der Waals surface area contributed by atoms with Gasteiger partial charge in [0, 0.05) is 31.1 Å². The molecule has 1 atom stereocenters. The fraction of sp³-hybridized carbons (Fsp3) is 0.647. The highest BCUT2D eigenvalue weighted by Gasteiger charge is 2.44. The van der Waals surface area contributed by atoms with E-state index in [4.69, 9.17) is 9.47 Å². The minimum Gasteiger partial charge on any atom is -0.487 e. The summed E-state index contributed by atoms with van der Waals surface area (Å²) >= 11 is 0. The monoisotopic (exact) mass is 273 g/mol. The lowest BCUT2D eigenvalue weighted by Gasteiger charge is -2.45. The Morgan fingerprint density at radius 1 is 1.05 bits per heavy atom. The van der Waals surface area contributed by atoms with Crippen LogP contribution < -0.4 is 4.74 Å². The van der Waals surface area contributed by atoms with Crippen LogP contribution in [0.1, 0.15) is 43.7 Å². The molecule has 1 aromatic rings. The molecule has 108 valence electrons. The Bertz CT molecular complexity index is 476. The third kappa shape index (κ3) is 2.13. The number of fused-ring (bicyclic) bond motifs is 1.